The van der Waals surface area contributed by atoms with Crippen molar-refractivity contribution in [2.45, 2.75) is 19.3 Å². The van der Waals surface area contributed by atoms with E-state index in [1.165, 1.54) is 0 Å². The number of nitrogens with one attached hydrogen (secondary N) is 1. The maximum absolute atomic E-state index is 12.3. The summed E-state index contributed by atoms with van der Waals surface area (Å²) < 4.78 is 6.48. The molecule has 0 aromatic heterocycles. The Hall–Kier alpha value is -2.25. The van der Waals surface area contributed by atoms with Crippen LogP contribution in [-0.4, -0.2) is 19.1 Å². The van der Waals surface area contributed by atoms with Gasteiger partial charge in [-0.05, 0) is 30.2 Å². The van der Waals surface area contributed by atoms with E-state index in [0.29, 0.717) is 13.2 Å². The Kier molecular flexibility index (Phi) is 7.38. The van der Waals surface area contributed by atoms with Gasteiger partial charge in [0, 0.05) is 4.47 Å². The van der Waals surface area contributed by atoms with E-state index in [0.717, 1.165) is 22.2 Å². The molecule has 0 aliphatic rings. The van der Waals surface area contributed by atoms with Gasteiger partial charge in [-0.15, -0.1) is 0 Å². The predicted octanol–water partition coefficient (Wildman–Crippen LogP) is 4.14. The van der Waals surface area contributed by atoms with Gasteiger partial charge in [0.2, 0.25) is 5.91 Å². The summed E-state index contributed by atoms with van der Waals surface area (Å²) in [5.74, 6) is 6.45. The van der Waals surface area contributed by atoms with Gasteiger partial charge >= 0.3 is 0 Å². The monoisotopic (exact) mass is 385 g/mol. The van der Waals surface area contributed by atoms with Crippen molar-refractivity contribution in [1.29, 1.82) is 0 Å². The smallest absolute Gasteiger partial charge is 0.228 e. The molecule has 1 unspecified atom stereocenters. The topological polar surface area (TPSA) is 38.3 Å². The first-order valence-corrected chi connectivity index (χ1v) is 8.66. The number of carbonyl (C=O) groups excluding carboxylic acids is 1. The zero-order valence-corrected chi connectivity index (χ0v) is 15.2. The molecule has 2 aromatic carbocycles. The SMILES string of the molecule is CCC(C(=O)NCC#CCOc1cccc(Br)c1)c1ccccc1. The number of hydrogen-bond donors (Lipinski definition) is 1. The Bertz CT molecular complexity index is 719. The Morgan fingerprint density at radius 2 is 1.96 bits per heavy atom. The van der Waals surface area contributed by atoms with Crippen LogP contribution in [0.15, 0.2) is 59.1 Å². The largest absolute Gasteiger partial charge is 0.481 e. The molecule has 2 aromatic rings. The van der Waals surface area contributed by atoms with Crippen molar-refractivity contribution in [2.75, 3.05) is 13.2 Å². The second-order valence-corrected chi connectivity index (χ2v) is 6.10. The zero-order valence-electron chi connectivity index (χ0n) is 13.6. The number of amides is 1. The van der Waals surface area contributed by atoms with Crippen molar-refractivity contribution in [3.63, 3.8) is 0 Å². The molecule has 24 heavy (non-hydrogen) atoms. The maximum Gasteiger partial charge on any atom is 0.228 e. The molecular weight excluding hydrogens is 366 g/mol. The highest BCUT2D eigenvalue weighted by Crippen LogP contribution is 2.19. The van der Waals surface area contributed by atoms with Gasteiger partial charge in [0.15, 0.2) is 0 Å². The summed E-state index contributed by atoms with van der Waals surface area (Å²) in [5, 5.41) is 2.86. The van der Waals surface area contributed by atoms with Crippen LogP contribution in [0.2, 0.25) is 0 Å². The normalized spacial score (nSPS) is 11.1. The summed E-state index contributed by atoms with van der Waals surface area (Å²) >= 11 is 3.39. The molecular formula is C20H20BrNO2. The lowest BCUT2D eigenvalue weighted by atomic mass is 9.96. The molecule has 1 N–H and O–H groups in total. The molecule has 1 atom stereocenters. The summed E-state index contributed by atoms with van der Waals surface area (Å²) in [6.45, 7) is 2.63. The van der Waals surface area contributed by atoms with Crippen LogP contribution in [0.25, 0.3) is 0 Å². The first kappa shape index (κ1) is 18.1. The average Bonchev–Trinajstić information content (AvgIpc) is 2.59. The first-order valence-electron chi connectivity index (χ1n) is 7.87. The Balaban J connectivity index is 1.76. The first-order chi connectivity index (χ1) is 11.7. The Labute approximate surface area is 151 Å². The lowest BCUT2D eigenvalue weighted by molar-refractivity contribution is -0.122. The van der Waals surface area contributed by atoms with Crippen LogP contribution in [-0.2, 0) is 4.79 Å². The number of rotatable bonds is 6. The fourth-order valence-electron chi connectivity index (χ4n) is 2.30. The van der Waals surface area contributed by atoms with Gasteiger partial charge in [0.25, 0.3) is 0 Å². The van der Waals surface area contributed by atoms with Crippen molar-refractivity contribution < 1.29 is 9.53 Å². The van der Waals surface area contributed by atoms with E-state index >= 15 is 0 Å². The highest BCUT2D eigenvalue weighted by atomic mass is 79.9. The standard InChI is InChI=1S/C20H20BrNO2/c1-2-19(16-9-4-3-5-10-16)20(23)22-13-6-7-14-24-18-12-8-11-17(21)15-18/h3-5,8-12,15,19H,2,13-14H2,1H3,(H,22,23). The molecule has 124 valence electrons. The number of ether oxygens (including phenoxy) is 1. The summed E-state index contributed by atoms with van der Waals surface area (Å²) in [6, 6.07) is 17.4. The quantitative estimate of drug-likeness (QED) is 0.758. The van der Waals surface area contributed by atoms with Crippen LogP contribution in [0, 0.1) is 11.8 Å². The lowest BCUT2D eigenvalue weighted by Gasteiger charge is -2.14. The minimum Gasteiger partial charge on any atom is -0.481 e. The van der Waals surface area contributed by atoms with E-state index in [4.69, 9.17) is 4.74 Å². The van der Waals surface area contributed by atoms with E-state index < -0.39 is 0 Å². The molecule has 2 rings (SSSR count). The van der Waals surface area contributed by atoms with E-state index in [-0.39, 0.29) is 11.8 Å². The molecule has 0 radical (unpaired) electrons. The van der Waals surface area contributed by atoms with Crippen LogP contribution in [0.4, 0.5) is 0 Å². The van der Waals surface area contributed by atoms with Gasteiger partial charge in [-0.2, -0.15) is 0 Å². The predicted molar refractivity (Wildman–Crippen MR) is 99.9 cm³/mol. The average molecular weight is 386 g/mol. The van der Waals surface area contributed by atoms with Gasteiger partial charge in [0.1, 0.15) is 12.4 Å². The molecule has 1 amide bonds. The van der Waals surface area contributed by atoms with E-state index in [1.807, 2.05) is 61.5 Å². The maximum atomic E-state index is 12.3. The van der Waals surface area contributed by atoms with Crippen LogP contribution in [0.3, 0.4) is 0 Å². The summed E-state index contributed by atoms with van der Waals surface area (Å²) in [5.41, 5.74) is 1.03. The van der Waals surface area contributed by atoms with Gasteiger partial charge in [-0.1, -0.05) is 71.1 Å². The van der Waals surface area contributed by atoms with Crippen LogP contribution in [0.1, 0.15) is 24.8 Å². The Morgan fingerprint density at radius 1 is 1.17 bits per heavy atom. The van der Waals surface area contributed by atoms with Crippen LogP contribution in [0.5, 0.6) is 5.75 Å². The number of benzene rings is 2. The van der Waals surface area contributed by atoms with Crippen molar-refractivity contribution >= 4 is 21.8 Å². The molecule has 0 saturated carbocycles. The Morgan fingerprint density at radius 3 is 2.67 bits per heavy atom. The number of carbonyl (C=O) groups is 1. The molecule has 3 nitrogen and oxygen atoms in total. The third kappa shape index (κ3) is 5.75. The van der Waals surface area contributed by atoms with Crippen LogP contribution < -0.4 is 10.1 Å². The van der Waals surface area contributed by atoms with E-state index in [2.05, 4.69) is 33.1 Å². The highest BCUT2D eigenvalue weighted by molar-refractivity contribution is 9.10. The van der Waals surface area contributed by atoms with Crippen LogP contribution >= 0.6 is 15.9 Å². The van der Waals surface area contributed by atoms with Gasteiger partial charge in [-0.25, -0.2) is 0 Å². The summed E-state index contributed by atoms with van der Waals surface area (Å²) in [7, 11) is 0. The fraction of sp³-hybridized carbons (Fsp3) is 0.250. The van der Waals surface area contributed by atoms with E-state index in [1.54, 1.807) is 0 Å². The minimum absolute atomic E-state index is 0.00547. The molecule has 4 heteroatoms. The van der Waals surface area contributed by atoms with Crippen molar-refractivity contribution in [2.24, 2.45) is 0 Å². The second kappa shape index (κ2) is 9.79. The lowest BCUT2D eigenvalue weighted by Crippen LogP contribution is -2.29. The van der Waals surface area contributed by atoms with Gasteiger partial charge in [-0.3, -0.25) is 4.79 Å². The third-order valence-electron chi connectivity index (χ3n) is 3.51. The molecule has 0 aliphatic heterocycles. The van der Waals surface area contributed by atoms with Crippen molar-refractivity contribution in [3.05, 3.63) is 64.6 Å². The number of halogens is 1. The molecule has 0 bridgehead atoms. The molecule has 0 saturated heterocycles. The molecule has 0 aliphatic carbocycles. The zero-order chi connectivity index (χ0) is 17.2. The second-order valence-electron chi connectivity index (χ2n) is 5.19. The van der Waals surface area contributed by atoms with Gasteiger partial charge < -0.3 is 10.1 Å². The summed E-state index contributed by atoms with van der Waals surface area (Å²) in [4.78, 5) is 12.3. The molecule has 0 fully saturated rings. The van der Waals surface area contributed by atoms with Crippen molar-refractivity contribution in [1.82, 2.24) is 5.32 Å². The van der Waals surface area contributed by atoms with E-state index in [9.17, 15) is 4.79 Å². The van der Waals surface area contributed by atoms with Gasteiger partial charge in [0.05, 0.1) is 12.5 Å². The summed E-state index contributed by atoms with van der Waals surface area (Å²) in [6.07, 6.45) is 0.759. The molecule has 0 heterocycles. The van der Waals surface area contributed by atoms with Crippen molar-refractivity contribution in [3.8, 4) is 17.6 Å². The highest BCUT2D eigenvalue weighted by Gasteiger charge is 2.17. The fourth-order valence-corrected chi connectivity index (χ4v) is 2.68. The molecule has 0 spiro atoms. The number of hydrogen-bond acceptors (Lipinski definition) is 2. The third-order valence-corrected chi connectivity index (χ3v) is 4.00. The minimum atomic E-state index is -0.133.